The van der Waals surface area contributed by atoms with Gasteiger partial charge in [0.05, 0.1) is 18.3 Å². The molecule has 0 bridgehead atoms. The summed E-state index contributed by atoms with van der Waals surface area (Å²) in [5.41, 5.74) is -0.795. The quantitative estimate of drug-likeness (QED) is 0.275. The zero-order valence-corrected chi connectivity index (χ0v) is 31.3. The molecule has 4 amide bonds. The first-order valence-corrected chi connectivity index (χ1v) is 20.7. The third-order valence-corrected chi connectivity index (χ3v) is 13.8. The molecule has 54 heavy (non-hydrogen) atoms. The lowest BCUT2D eigenvalue weighted by atomic mass is 10.0. The second kappa shape index (κ2) is 14.0. The Morgan fingerprint density at radius 3 is 2.50 bits per heavy atom. The van der Waals surface area contributed by atoms with Crippen molar-refractivity contribution in [2.24, 2.45) is 5.92 Å². The number of anilines is 2. The summed E-state index contributed by atoms with van der Waals surface area (Å²) < 4.78 is 33.7. The van der Waals surface area contributed by atoms with Gasteiger partial charge in [-0.15, -0.1) is 0 Å². The molecule has 288 valence electrons. The molecule has 2 saturated carbocycles. The lowest BCUT2D eigenvalue weighted by Gasteiger charge is -2.36. The van der Waals surface area contributed by atoms with E-state index in [4.69, 9.17) is 16.3 Å². The number of halogens is 1. The summed E-state index contributed by atoms with van der Waals surface area (Å²) in [7, 11) is -3.92. The third kappa shape index (κ3) is 6.75. The maximum absolute atomic E-state index is 14.6. The molecule has 0 radical (unpaired) electrons. The van der Waals surface area contributed by atoms with Gasteiger partial charge in [-0.1, -0.05) is 48.7 Å². The van der Waals surface area contributed by atoms with Gasteiger partial charge in [-0.25, -0.2) is 13.2 Å². The molecule has 2 aromatic rings. The van der Waals surface area contributed by atoms with Crippen LogP contribution < -0.4 is 31.1 Å². The second-order valence-corrected chi connectivity index (χ2v) is 17.8. The van der Waals surface area contributed by atoms with Gasteiger partial charge in [0, 0.05) is 37.0 Å². The van der Waals surface area contributed by atoms with Crippen LogP contribution in [0.25, 0.3) is 0 Å². The van der Waals surface area contributed by atoms with Crippen molar-refractivity contribution in [3.05, 3.63) is 66.9 Å². The molecular weight excluding hydrogens is 740 g/mol. The van der Waals surface area contributed by atoms with Gasteiger partial charge < -0.3 is 25.2 Å². The zero-order valence-electron chi connectivity index (χ0n) is 29.7. The molecule has 2 aliphatic carbocycles. The Morgan fingerprint density at radius 2 is 1.78 bits per heavy atom. The Kier molecular flexibility index (Phi) is 9.47. The van der Waals surface area contributed by atoms with Gasteiger partial charge in [-0.3, -0.25) is 33.6 Å². The molecule has 2 saturated heterocycles. The van der Waals surface area contributed by atoms with E-state index in [1.807, 2.05) is 18.2 Å². The van der Waals surface area contributed by atoms with Crippen molar-refractivity contribution in [3.8, 4) is 0 Å². The summed E-state index contributed by atoms with van der Waals surface area (Å²) in [6.45, 7) is 1.61. The number of carbonyl (C=O) groups excluding carboxylic acids is 4. The van der Waals surface area contributed by atoms with Crippen molar-refractivity contribution in [2.75, 3.05) is 29.9 Å². The smallest absolute Gasteiger partial charge is 0.410 e. The van der Waals surface area contributed by atoms with Crippen molar-refractivity contribution in [1.82, 2.24) is 19.8 Å². The minimum atomic E-state index is -3.92. The predicted molar refractivity (Wildman–Crippen MR) is 198 cm³/mol. The average Bonchev–Trinajstić information content (AvgIpc) is 4.00. The van der Waals surface area contributed by atoms with Gasteiger partial charge >= 0.3 is 6.09 Å². The van der Waals surface area contributed by atoms with E-state index in [-0.39, 0.29) is 43.9 Å². The van der Waals surface area contributed by atoms with E-state index in [2.05, 4.69) is 15.4 Å². The molecule has 4 aliphatic heterocycles. The standard InChI is InChI=1S/C37H43ClN6O9S/c38-26-10-6-8-21-18-43(20-25(21)26)36(50)53-23-16-28-33(47)40-37(35(49)41-54(51,52)24-12-13-24)17-22(37)9-4-2-1-3-5-11-27(34(48)44(28)19-23)39-29-30(32(46)31(29)45)42-14-7-15-42/h4,6,8-10,22-24,27-28,39H,1-3,5,7,11-20H2,(H,40,47)(H,41,49)/b9-4-/t22-,23-,27+,28+,37-/m1/s1. The Balaban J connectivity index is 1.07. The summed E-state index contributed by atoms with van der Waals surface area (Å²) in [4.78, 5) is 86.1. The highest BCUT2D eigenvalue weighted by Gasteiger charge is 2.62. The van der Waals surface area contributed by atoms with Crippen molar-refractivity contribution in [1.29, 1.82) is 0 Å². The summed E-state index contributed by atoms with van der Waals surface area (Å²) in [5, 5.41) is 5.78. The number of fused-ring (bicyclic) bond motifs is 3. The Hall–Kier alpha value is -4.44. The van der Waals surface area contributed by atoms with Gasteiger partial charge in [0.2, 0.25) is 21.8 Å². The van der Waals surface area contributed by atoms with Gasteiger partial charge in [-0.05, 0) is 62.1 Å². The highest BCUT2D eigenvalue weighted by Crippen LogP contribution is 2.46. The fourth-order valence-electron chi connectivity index (χ4n) is 8.10. The molecule has 4 heterocycles. The fraction of sp³-hybridized carbons (Fsp3) is 0.568. The molecule has 2 aromatic carbocycles. The van der Waals surface area contributed by atoms with E-state index in [0.717, 1.165) is 30.4 Å². The second-order valence-electron chi connectivity index (χ2n) is 15.4. The van der Waals surface area contributed by atoms with Crippen LogP contribution in [0.1, 0.15) is 75.3 Å². The molecule has 0 spiro atoms. The summed E-state index contributed by atoms with van der Waals surface area (Å²) in [6.07, 6.45) is 7.14. The van der Waals surface area contributed by atoms with Crippen molar-refractivity contribution < 1.29 is 32.3 Å². The van der Waals surface area contributed by atoms with E-state index in [9.17, 15) is 37.2 Å². The van der Waals surface area contributed by atoms with Crippen LogP contribution in [0, 0.1) is 5.92 Å². The number of benzene rings is 1. The number of allylic oxidation sites excluding steroid dienone is 1. The molecule has 0 unspecified atom stereocenters. The Labute approximate surface area is 317 Å². The number of hydrogen-bond acceptors (Lipinski definition) is 11. The number of nitrogens with zero attached hydrogens (tertiary/aromatic N) is 3. The Bertz CT molecular complexity index is 2110. The largest absolute Gasteiger partial charge is 0.444 e. The fourth-order valence-corrected chi connectivity index (χ4v) is 9.72. The number of hydrogen-bond donors (Lipinski definition) is 3. The molecule has 4 fully saturated rings. The van der Waals surface area contributed by atoms with E-state index in [1.165, 1.54) is 9.80 Å². The van der Waals surface area contributed by atoms with Crippen molar-refractivity contribution in [3.63, 3.8) is 0 Å². The van der Waals surface area contributed by atoms with Gasteiger partial charge in [0.1, 0.15) is 35.1 Å². The van der Waals surface area contributed by atoms with Crippen LogP contribution >= 0.6 is 11.6 Å². The van der Waals surface area contributed by atoms with Crippen molar-refractivity contribution in [2.45, 2.75) is 106 Å². The molecule has 17 heteroatoms. The van der Waals surface area contributed by atoms with Crippen LogP contribution in [0.4, 0.5) is 16.2 Å². The van der Waals surface area contributed by atoms with Gasteiger partial charge in [0.25, 0.3) is 16.8 Å². The first-order valence-electron chi connectivity index (χ1n) is 18.8. The number of nitrogens with one attached hydrogen (secondary N) is 3. The lowest BCUT2D eigenvalue weighted by molar-refractivity contribution is -0.140. The number of ether oxygens (including phenoxy) is 1. The van der Waals surface area contributed by atoms with Crippen LogP contribution in [0.2, 0.25) is 5.02 Å². The number of rotatable bonds is 7. The average molecular weight is 783 g/mol. The molecule has 6 aliphatic rings. The molecular formula is C37H43ClN6O9S. The van der Waals surface area contributed by atoms with E-state index >= 15 is 0 Å². The predicted octanol–water partition coefficient (Wildman–Crippen LogP) is 2.05. The molecule has 8 rings (SSSR count). The number of amides is 4. The molecule has 0 aromatic heterocycles. The zero-order chi connectivity index (χ0) is 37.9. The SMILES string of the molecule is O=C1N[C@]2(C(=O)NS(=O)(=O)C3CC3)C[C@H]2/C=C\CCCCC[C@H](Nc2c(N3CCC3)c(=O)c2=O)C(=O)N2C[C@H](OC(=O)N3Cc4cccc(Cl)c4C3)C[C@@H]12. The highest BCUT2D eigenvalue weighted by atomic mass is 35.5. The molecule has 3 N–H and O–H groups in total. The van der Waals surface area contributed by atoms with Crippen LogP contribution in [0.5, 0.6) is 0 Å². The minimum Gasteiger partial charge on any atom is -0.444 e. The van der Waals surface area contributed by atoms with Crippen molar-refractivity contribution >= 4 is 56.8 Å². The number of carbonyl (C=O) groups is 4. The first kappa shape index (κ1) is 36.5. The van der Waals surface area contributed by atoms with Crippen LogP contribution in [-0.4, -0.2) is 90.6 Å². The van der Waals surface area contributed by atoms with Crippen LogP contribution in [0.15, 0.2) is 39.9 Å². The summed E-state index contributed by atoms with van der Waals surface area (Å²) in [5.74, 6) is -2.51. The van der Waals surface area contributed by atoms with Gasteiger partial charge in [0.15, 0.2) is 0 Å². The first-order chi connectivity index (χ1) is 25.9. The minimum absolute atomic E-state index is 0.0858. The third-order valence-electron chi connectivity index (χ3n) is 11.7. The van der Waals surface area contributed by atoms with Crippen LogP contribution in [-0.2, 0) is 42.2 Å². The normalized spacial score (nSPS) is 29.2. The maximum Gasteiger partial charge on any atom is 0.410 e. The molecule has 15 nitrogen and oxygen atoms in total. The lowest BCUT2D eigenvalue weighted by Crippen LogP contribution is -2.58. The van der Waals surface area contributed by atoms with Gasteiger partial charge in [-0.2, -0.15) is 0 Å². The molecule has 5 atom stereocenters. The monoisotopic (exact) mass is 782 g/mol. The van der Waals surface area contributed by atoms with E-state index < -0.39 is 79.6 Å². The van der Waals surface area contributed by atoms with Crippen LogP contribution in [0.3, 0.4) is 0 Å². The topological polar surface area (TPSA) is 192 Å². The van der Waals surface area contributed by atoms with E-state index in [0.29, 0.717) is 50.2 Å². The van der Waals surface area contributed by atoms with E-state index in [1.54, 1.807) is 17.0 Å². The number of sulfonamides is 1. The Morgan fingerprint density at radius 1 is 0.981 bits per heavy atom. The summed E-state index contributed by atoms with van der Waals surface area (Å²) in [6, 6.07) is 3.24. The summed E-state index contributed by atoms with van der Waals surface area (Å²) >= 11 is 6.37. The highest BCUT2D eigenvalue weighted by molar-refractivity contribution is 7.91. The maximum atomic E-state index is 14.6.